The van der Waals surface area contributed by atoms with E-state index in [0.717, 1.165) is 27.8 Å². The zero-order valence-electron chi connectivity index (χ0n) is 16.7. The van der Waals surface area contributed by atoms with Gasteiger partial charge in [0.25, 0.3) is 0 Å². The highest BCUT2D eigenvalue weighted by atomic mass is 16.5. The average Bonchev–Trinajstić information content (AvgIpc) is 3.23. The van der Waals surface area contributed by atoms with Crippen LogP contribution in [0.25, 0.3) is 22.0 Å². The summed E-state index contributed by atoms with van der Waals surface area (Å²) < 4.78 is 10.8. The molecule has 2 aromatic carbocycles. The molecule has 0 atom stereocenters. The highest BCUT2D eigenvalue weighted by molar-refractivity contribution is 5.92. The second-order valence-corrected chi connectivity index (χ2v) is 6.64. The van der Waals surface area contributed by atoms with Crippen molar-refractivity contribution in [3.8, 4) is 17.0 Å². The number of carboxylic acids is 1. The molecule has 0 saturated carbocycles. The van der Waals surface area contributed by atoms with Crippen molar-refractivity contribution >= 4 is 28.2 Å². The van der Waals surface area contributed by atoms with E-state index in [4.69, 9.17) is 9.15 Å². The second kappa shape index (κ2) is 8.24. The van der Waals surface area contributed by atoms with Crippen LogP contribution >= 0.6 is 0 Å². The van der Waals surface area contributed by atoms with Gasteiger partial charge in [0.2, 0.25) is 0 Å². The zero-order chi connectivity index (χ0) is 21.1. The van der Waals surface area contributed by atoms with Gasteiger partial charge in [-0.25, -0.2) is 14.8 Å². The fourth-order valence-electron chi connectivity index (χ4n) is 3.38. The van der Waals surface area contributed by atoms with Crippen LogP contribution in [0.15, 0.2) is 65.7 Å². The molecule has 0 fully saturated rings. The van der Waals surface area contributed by atoms with Crippen molar-refractivity contribution in [1.29, 1.82) is 0 Å². The lowest BCUT2D eigenvalue weighted by molar-refractivity contribution is 0.0692. The van der Waals surface area contributed by atoms with E-state index < -0.39 is 5.97 Å². The lowest BCUT2D eigenvalue weighted by Gasteiger charge is -2.22. The summed E-state index contributed by atoms with van der Waals surface area (Å²) in [7, 11) is 0. The number of carbonyl (C=O) groups is 1. The Kier molecular flexibility index (Phi) is 5.34. The Hall–Kier alpha value is -3.87. The summed E-state index contributed by atoms with van der Waals surface area (Å²) in [5.41, 5.74) is 2.56. The molecule has 0 aliphatic heterocycles. The fourth-order valence-corrected chi connectivity index (χ4v) is 3.38. The Morgan fingerprint density at radius 1 is 1.07 bits per heavy atom. The summed E-state index contributed by atoms with van der Waals surface area (Å²) in [6.07, 6.45) is 4.95. The minimum Gasteiger partial charge on any atom is -0.493 e. The SMILES string of the molecule is CCOc1cc(-c2cc(N(CC)c3ccc4cocc4c3)ncn2)ccc1C(=O)O. The Morgan fingerprint density at radius 2 is 1.90 bits per heavy atom. The van der Waals surface area contributed by atoms with Crippen molar-refractivity contribution in [2.24, 2.45) is 0 Å². The number of carboxylic acid groups (broad SMARTS) is 1. The van der Waals surface area contributed by atoms with Gasteiger partial charge >= 0.3 is 5.97 Å². The molecule has 1 N–H and O–H groups in total. The maximum atomic E-state index is 11.4. The highest BCUT2D eigenvalue weighted by Gasteiger charge is 2.15. The third kappa shape index (κ3) is 3.69. The fraction of sp³-hybridized carbons (Fsp3) is 0.174. The van der Waals surface area contributed by atoms with Gasteiger partial charge < -0.3 is 19.2 Å². The van der Waals surface area contributed by atoms with Gasteiger partial charge in [0.1, 0.15) is 23.5 Å². The predicted molar refractivity (Wildman–Crippen MR) is 114 cm³/mol. The van der Waals surface area contributed by atoms with Gasteiger partial charge in [-0.2, -0.15) is 0 Å². The number of ether oxygens (including phenoxy) is 1. The van der Waals surface area contributed by atoms with Crippen molar-refractivity contribution in [2.45, 2.75) is 13.8 Å². The van der Waals surface area contributed by atoms with E-state index in [9.17, 15) is 9.90 Å². The molecule has 7 nitrogen and oxygen atoms in total. The van der Waals surface area contributed by atoms with Crippen molar-refractivity contribution in [2.75, 3.05) is 18.1 Å². The molecule has 0 radical (unpaired) electrons. The van der Waals surface area contributed by atoms with Gasteiger partial charge in [-0.1, -0.05) is 6.07 Å². The van der Waals surface area contributed by atoms with E-state index in [1.165, 1.54) is 12.4 Å². The molecule has 0 unspecified atom stereocenters. The van der Waals surface area contributed by atoms with Gasteiger partial charge in [0.15, 0.2) is 0 Å². The first-order valence-electron chi connectivity index (χ1n) is 9.66. The molecule has 2 heterocycles. The Balaban J connectivity index is 1.72. The van der Waals surface area contributed by atoms with Crippen molar-refractivity contribution in [1.82, 2.24) is 9.97 Å². The van der Waals surface area contributed by atoms with Crippen LogP contribution in [-0.4, -0.2) is 34.2 Å². The molecule has 0 spiro atoms. The van der Waals surface area contributed by atoms with E-state index in [-0.39, 0.29) is 5.56 Å². The number of aromatic nitrogens is 2. The van der Waals surface area contributed by atoms with Gasteiger partial charge in [-0.15, -0.1) is 0 Å². The number of hydrogen-bond donors (Lipinski definition) is 1. The molecule has 4 rings (SSSR count). The molecule has 0 aliphatic carbocycles. The lowest BCUT2D eigenvalue weighted by Crippen LogP contribution is -2.17. The number of rotatable bonds is 7. The Bertz CT molecular complexity index is 1200. The van der Waals surface area contributed by atoms with Crippen LogP contribution in [0.5, 0.6) is 5.75 Å². The quantitative estimate of drug-likeness (QED) is 0.457. The normalized spacial score (nSPS) is 10.9. The van der Waals surface area contributed by atoms with E-state index in [1.54, 1.807) is 24.7 Å². The third-order valence-corrected chi connectivity index (χ3v) is 4.83. The van der Waals surface area contributed by atoms with E-state index in [2.05, 4.69) is 27.9 Å². The molecule has 4 aromatic rings. The maximum absolute atomic E-state index is 11.4. The number of aromatic carboxylic acids is 1. The van der Waals surface area contributed by atoms with Crippen LogP contribution in [0.3, 0.4) is 0 Å². The van der Waals surface area contributed by atoms with Gasteiger partial charge in [-0.05, 0) is 44.2 Å². The molecular formula is C23H21N3O4. The first-order valence-corrected chi connectivity index (χ1v) is 9.66. The Labute approximate surface area is 173 Å². The maximum Gasteiger partial charge on any atom is 0.339 e. The summed E-state index contributed by atoms with van der Waals surface area (Å²) in [4.78, 5) is 22.3. The molecule has 0 saturated heterocycles. The molecule has 0 aliphatic rings. The molecule has 7 heteroatoms. The van der Waals surface area contributed by atoms with E-state index in [0.29, 0.717) is 24.6 Å². The summed E-state index contributed by atoms with van der Waals surface area (Å²) in [6.45, 7) is 4.95. The topological polar surface area (TPSA) is 88.7 Å². The first-order chi connectivity index (χ1) is 14.6. The van der Waals surface area contributed by atoms with Gasteiger partial charge in [0.05, 0.1) is 24.8 Å². The predicted octanol–water partition coefficient (Wildman–Crippen LogP) is 5.14. The summed E-state index contributed by atoms with van der Waals surface area (Å²) >= 11 is 0. The third-order valence-electron chi connectivity index (χ3n) is 4.83. The summed E-state index contributed by atoms with van der Waals surface area (Å²) in [5.74, 6) is 0.0335. The van der Waals surface area contributed by atoms with Gasteiger partial charge in [0, 0.05) is 34.6 Å². The number of hydrogen-bond acceptors (Lipinski definition) is 6. The monoisotopic (exact) mass is 403 g/mol. The van der Waals surface area contributed by atoms with Crippen molar-refractivity contribution in [3.05, 3.63) is 66.9 Å². The minimum absolute atomic E-state index is 0.124. The molecule has 2 aromatic heterocycles. The summed E-state index contributed by atoms with van der Waals surface area (Å²) in [5, 5.41) is 11.4. The smallest absolute Gasteiger partial charge is 0.339 e. The zero-order valence-corrected chi connectivity index (χ0v) is 16.7. The lowest BCUT2D eigenvalue weighted by atomic mass is 10.1. The van der Waals surface area contributed by atoms with Crippen molar-refractivity contribution in [3.63, 3.8) is 0 Å². The van der Waals surface area contributed by atoms with Crippen LogP contribution < -0.4 is 9.64 Å². The number of nitrogens with zero attached hydrogens (tertiary/aromatic N) is 3. The molecule has 0 amide bonds. The van der Waals surface area contributed by atoms with Crippen LogP contribution in [0.2, 0.25) is 0 Å². The van der Waals surface area contributed by atoms with E-state index >= 15 is 0 Å². The van der Waals surface area contributed by atoms with Crippen LogP contribution in [0.4, 0.5) is 11.5 Å². The van der Waals surface area contributed by atoms with Gasteiger partial charge in [-0.3, -0.25) is 0 Å². The molecular weight excluding hydrogens is 382 g/mol. The van der Waals surface area contributed by atoms with Crippen LogP contribution in [0, 0.1) is 0 Å². The number of benzene rings is 2. The molecule has 0 bridgehead atoms. The largest absolute Gasteiger partial charge is 0.493 e. The first kappa shape index (κ1) is 19.4. The molecule has 152 valence electrons. The number of furan rings is 1. The standard InChI is InChI=1S/C23H21N3O4/c1-3-26(18-7-5-16-12-29-13-17(16)9-18)22-11-20(24-14-25-22)15-6-8-19(23(27)28)21(10-15)30-4-2/h5-14H,3-4H2,1-2H3,(H,27,28). The number of fused-ring (bicyclic) bond motifs is 1. The van der Waals surface area contributed by atoms with E-state index in [1.807, 2.05) is 25.1 Å². The Morgan fingerprint density at radius 3 is 2.67 bits per heavy atom. The highest BCUT2D eigenvalue weighted by Crippen LogP contribution is 2.31. The summed E-state index contributed by atoms with van der Waals surface area (Å²) in [6, 6.07) is 12.9. The number of anilines is 2. The van der Waals surface area contributed by atoms with Crippen molar-refractivity contribution < 1.29 is 19.1 Å². The average molecular weight is 403 g/mol. The van der Waals surface area contributed by atoms with Crippen LogP contribution in [0.1, 0.15) is 24.2 Å². The minimum atomic E-state index is -1.03. The second-order valence-electron chi connectivity index (χ2n) is 6.64. The van der Waals surface area contributed by atoms with Crippen LogP contribution in [-0.2, 0) is 0 Å². The molecule has 30 heavy (non-hydrogen) atoms.